The molecule has 0 unspecified atom stereocenters. The molecule has 0 aliphatic carbocycles. The van der Waals surface area contributed by atoms with Crippen LogP contribution in [0.3, 0.4) is 0 Å². The fourth-order valence-electron chi connectivity index (χ4n) is 4.43. The number of hydrogen-bond acceptors (Lipinski definition) is 6. The van der Waals surface area contributed by atoms with Crippen molar-refractivity contribution in [2.45, 2.75) is 38.5 Å². The van der Waals surface area contributed by atoms with Gasteiger partial charge in [-0.25, -0.2) is 0 Å². The normalized spacial score (nSPS) is 19.2. The minimum Gasteiger partial charge on any atom is -0.508 e. The summed E-state index contributed by atoms with van der Waals surface area (Å²) in [4.78, 5) is 41.0. The van der Waals surface area contributed by atoms with Crippen LogP contribution in [0.4, 0.5) is 0 Å². The SMILES string of the molecule is C.O=C(N[C@@H](Cc1ccc(O)cc1)C(=O)N1CC[C@H]2OCC(=O)[C@H]21)c1cc2ccccc2s1.S.S. The van der Waals surface area contributed by atoms with Crippen molar-refractivity contribution in [3.05, 3.63) is 65.0 Å². The molecule has 2 fully saturated rings. The molecule has 10 heteroatoms. The van der Waals surface area contributed by atoms with Crippen LogP contribution in [0.2, 0.25) is 0 Å². The van der Waals surface area contributed by atoms with Crippen LogP contribution in [0.1, 0.15) is 29.1 Å². The van der Waals surface area contributed by atoms with Crippen LogP contribution in [0, 0.1) is 0 Å². The third kappa shape index (κ3) is 5.83. The summed E-state index contributed by atoms with van der Waals surface area (Å²) in [5.74, 6) is -0.589. The Morgan fingerprint density at radius 3 is 2.57 bits per heavy atom. The van der Waals surface area contributed by atoms with E-state index in [1.165, 1.54) is 11.3 Å². The average molecular weight is 535 g/mol. The summed E-state index contributed by atoms with van der Waals surface area (Å²) in [5, 5.41) is 13.4. The molecule has 0 bridgehead atoms. The number of phenolic OH excluding ortho intramolecular Hbond substituents is 1. The van der Waals surface area contributed by atoms with Gasteiger partial charge in [0.05, 0.1) is 11.0 Å². The van der Waals surface area contributed by atoms with E-state index < -0.39 is 12.1 Å². The van der Waals surface area contributed by atoms with Gasteiger partial charge in [-0.05, 0) is 41.6 Å². The molecule has 3 atom stereocenters. The fraction of sp³-hybridized carbons (Fsp3) is 0.320. The van der Waals surface area contributed by atoms with Crippen molar-refractivity contribution in [1.29, 1.82) is 0 Å². The number of rotatable bonds is 5. The summed E-state index contributed by atoms with van der Waals surface area (Å²) in [6.45, 7) is 0.445. The van der Waals surface area contributed by atoms with Crippen molar-refractivity contribution in [2.24, 2.45) is 0 Å². The first-order valence-electron chi connectivity index (χ1n) is 10.5. The van der Waals surface area contributed by atoms with Crippen LogP contribution in [0.15, 0.2) is 54.6 Å². The van der Waals surface area contributed by atoms with Gasteiger partial charge in [0.1, 0.15) is 24.4 Å². The first-order chi connectivity index (χ1) is 15.5. The van der Waals surface area contributed by atoms with Crippen molar-refractivity contribution >= 4 is 66.0 Å². The molecule has 2 N–H and O–H groups in total. The van der Waals surface area contributed by atoms with E-state index in [1.807, 2.05) is 30.3 Å². The highest BCUT2D eigenvalue weighted by molar-refractivity contribution is 7.59. The molecule has 5 rings (SSSR count). The van der Waals surface area contributed by atoms with Crippen molar-refractivity contribution in [1.82, 2.24) is 10.2 Å². The first-order valence-corrected chi connectivity index (χ1v) is 11.3. The van der Waals surface area contributed by atoms with E-state index in [2.05, 4.69) is 5.32 Å². The molecule has 3 aromatic rings. The maximum atomic E-state index is 13.5. The van der Waals surface area contributed by atoms with Gasteiger partial charge in [0.15, 0.2) is 5.78 Å². The maximum absolute atomic E-state index is 13.5. The maximum Gasteiger partial charge on any atom is 0.262 e. The lowest BCUT2D eigenvalue weighted by Crippen LogP contribution is -2.53. The Kier molecular flexibility index (Phi) is 9.79. The summed E-state index contributed by atoms with van der Waals surface area (Å²) in [5.41, 5.74) is 0.794. The lowest BCUT2D eigenvalue weighted by molar-refractivity contribution is -0.138. The van der Waals surface area contributed by atoms with Gasteiger partial charge in [-0.3, -0.25) is 14.4 Å². The van der Waals surface area contributed by atoms with Gasteiger partial charge in [0.25, 0.3) is 5.91 Å². The minimum atomic E-state index is -0.843. The predicted molar refractivity (Wildman–Crippen MR) is 147 cm³/mol. The third-order valence-electron chi connectivity index (χ3n) is 6.02. The molecular formula is C25H30N2O5S3. The Hall–Kier alpha value is -2.53. The molecule has 188 valence electrons. The number of likely N-dealkylation sites (tertiary alicyclic amines) is 1. The minimum absolute atomic E-state index is 0. The average Bonchev–Trinajstić information content (AvgIpc) is 3.50. The quantitative estimate of drug-likeness (QED) is 0.523. The molecule has 7 nitrogen and oxygen atoms in total. The number of amides is 2. The number of ether oxygens (including phenoxy) is 1. The van der Waals surface area contributed by atoms with Crippen LogP contribution < -0.4 is 5.32 Å². The van der Waals surface area contributed by atoms with Crippen molar-refractivity contribution in [2.75, 3.05) is 13.2 Å². The van der Waals surface area contributed by atoms with Gasteiger partial charge in [0.2, 0.25) is 5.91 Å². The molecule has 3 heterocycles. The summed E-state index contributed by atoms with van der Waals surface area (Å²) >= 11 is 1.37. The summed E-state index contributed by atoms with van der Waals surface area (Å²) in [6.07, 6.45) is 0.593. The molecule has 2 aliphatic rings. The van der Waals surface area contributed by atoms with Crippen LogP contribution in [0.5, 0.6) is 5.75 Å². The zero-order valence-corrected chi connectivity index (χ0v) is 21.0. The zero-order chi connectivity index (χ0) is 22.2. The number of nitrogens with zero attached hydrogens (tertiary/aromatic N) is 1. The number of fused-ring (bicyclic) bond motifs is 2. The van der Waals surface area contributed by atoms with Crippen molar-refractivity contribution < 1.29 is 24.2 Å². The van der Waals surface area contributed by atoms with Crippen molar-refractivity contribution in [3.63, 3.8) is 0 Å². The highest BCUT2D eigenvalue weighted by Gasteiger charge is 2.48. The van der Waals surface area contributed by atoms with Crippen LogP contribution in [-0.4, -0.2) is 58.9 Å². The highest BCUT2D eigenvalue weighted by atomic mass is 32.1. The summed E-state index contributed by atoms with van der Waals surface area (Å²) in [6, 6.07) is 14.7. The van der Waals surface area contributed by atoms with Gasteiger partial charge in [-0.2, -0.15) is 27.0 Å². The van der Waals surface area contributed by atoms with Gasteiger partial charge in [-0.15, -0.1) is 11.3 Å². The monoisotopic (exact) mass is 534 g/mol. The number of carbonyl (C=O) groups excluding carboxylic acids is 3. The van der Waals surface area contributed by atoms with E-state index in [0.717, 1.165) is 15.6 Å². The lowest BCUT2D eigenvalue weighted by Gasteiger charge is -2.27. The van der Waals surface area contributed by atoms with Gasteiger partial charge >= 0.3 is 0 Å². The van der Waals surface area contributed by atoms with Crippen LogP contribution >= 0.6 is 38.3 Å². The zero-order valence-electron chi connectivity index (χ0n) is 18.2. The molecule has 1 aromatic heterocycles. The Morgan fingerprint density at radius 1 is 1.14 bits per heavy atom. The summed E-state index contributed by atoms with van der Waals surface area (Å²) < 4.78 is 6.50. The predicted octanol–water partition coefficient (Wildman–Crippen LogP) is 3.38. The van der Waals surface area contributed by atoms with E-state index in [9.17, 15) is 19.5 Å². The van der Waals surface area contributed by atoms with E-state index in [-0.39, 0.29) is 76.9 Å². The number of Topliss-reactive ketones (excluding diaryl/α,β-unsaturated/α-hetero) is 1. The van der Waals surface area contributed by atoms with E-state index in [4.69, 9.17) is 4.74 Å². The molecule has 2 saturated heterocycles. The number of carbonyl (C=O) groups is 3. The highest BCUT2D eigenvalue weighted by Crippen LogP contribution is 2.29. The second-order valence-electron chi connectivity index (χ2n) is 8.13. The molecular weight excluding hydrogens is 504 g/mol. The Balaban J connectivity index is 0.00000144. The van der Waals surface area contributed by atoms with Gasteiger partial charge in [0, 0.05) is 17.7 Å². The van der Waals surface area contributed by atoms with E-state index in [1.54, 1.807) is 29.2 Å². The van der Waals surface area contributed by atoms with Crippen LogP contribution in [0.25, 0.3) is 10.1 Å². The first kappa shape index (κ1) is 28.7. The van der Waals surface area contributed by atoms with Gasteiger partial charge in [-0.1, -0.05) is 37.8 Å². The fourth-order valence-corrected chi connectivity index (χ4v) is 5.40. The smallest absolute Gasteiger partial charge is 0.262 e. The molecule has 2 aliphatic heterocycles. The Bertz CT molecular complexity index is 1160. The topological polar surface area (TPSA) is 95.9 Å². The molecule has 2 aromatic carbocycles. The molecule has 2 amide bonds. The number of benzene rings is 2. The largest absolute Gasteiger partial charge is 0.508 e. The number of nitrogens with one attached hydrogen (secondary N) is 1. The van der Waals surface area contributed by atoms with E-state index in [0.29, 0.717) is 17.8 Å². The molecule has 0 radical (unpaired) electrons. The molecule has 0 spiro atoms. The number of hydrogen-bond donors (Lipinski definition) is 2. The third-order valence-corrected chi connectivity index (χ3v) is 7.14. The number of ketones is 1. The second-order valence-corrected chi connectivity index (χ2v) is 9.21. The molecule has 35 heavy (non-hydrogen) atoms. The second kappa shape index (κ2) is 11.9. The van der Waals surface area contributed by atoms with Gasteiger partial charge < -0.3 is 20.1 Å². The summed E-state index contributed by atoms with van der Waals surface area (Å²) in [7, 11) is 0. The number of phenols is 1. The Labute approximate surface area is 222 Å². The van der Waals surface area contributed by atoms with Crippen LogP contribution in [-0.2, 0) is 20.7 Å². The Morgan fingerprint density at radius 2 is 1.86 bits per heavy atom. The molecule has 0 saturated carbocycles. The standard InChI is InChI=1S/C24H22N2O5S.CH4.2H2S/c27-16-7-5-14(6-8-16)11-17(24(30)26-10-9-19-22(26)18(28)13-31-19)25-23(29)21-12-15-3-1-2-4-20(15)32-21;;;/h1-8,12,17,19,22,27H,9-11,13H2,(H,25,29);1H4;2*1H2/t17-,19+,22+;;;/m0.../s1. The number of thiophene rings is 1. The van der Waals surface area contributed by atoms with E-state index >= 15 is 0 Å². The number of aromatic hydroxyl groups is 1. The van der Waals surface area contributed by atoms with Crippen molar-refractivity contribution in [3.8, 4) is 5.75 Å². The lowest BCUT2D eigenvalue weighted by atomic mass is 10.0.